The number of nitrogens with two attached hydrogens (primary N) is 1. The minimum atomic E-state index is -0.401. The van der Waals surface area contributed by atoms with Crippen LogP contribution in [0.3, 0.4) is 0 Å². The third kappa shape index (κ3) is 2.94. The standard InChI is InChI=1S/C13H16N2O2S/c1-17-9-13(16)15-12-8-10(4-5-11(12)14)18-6-2-3-7-18/h2-8,18H,9,14H2,1H3,(H,15,16). The Morgan fingerprint density at radius 3 is 2.78 bits per heavy atom. The average Bonchev–Trinajstić information content (AvgIpc) is 2.86. The highest BCUT2D eigenvalue weighted by molar-refractivity contribution is 8.22. The monoisotopic (exact) mass is 264 g/mol. The van der Waals surface area contributed by atoms with Crippen LogP contribution >= 0.6 is 10.9 Å². The van der Waals surface area contributed by atoms with Gasteiger partial charge in [-0.25, -0.2) is 0 Å². The van der Waals surface area contributed by atoms with Gasteiger partial charge in [-0.2, -0.15) is 10.9 Å². The van der Waals surface area contributed by atoms with E-state index in [-0.39, 0.29) is 12.5 Å². The van der Waals surface area contributed by atoms with Gasteiger partial charge in [0.1, 0.15) is 6.61 Å². The van der Waals surface area contributed by atoms with Crippen LogP contribution in [0.4, 0.5) is 11.4 Å². The van der Waals surface area contributed by atoms with E-state index in [1.54, 1.807) is 0 Å². The van der Waals surface area contributed by atoms with Crippen molar-refractivity contribution in [3.05, 3.63) is 41.2 Å². The predicted molar refractivity (Wildman–Crippen MR) is 76.9 cm³/mol. The van der Waals surface area contributed by atoms with Crippen LogP contribution in [0.25, 0.3) is 0 Å². The first-order chi connectivity index (χ1) is 8.70. The molecule has 0 bridgehead atoms. The lowest BCUT2D eigenvalue weighted by molar-refractivity contribution is -0.119. The molecule has 1 heterocycles. The second kappa shape index (κ2) is 5.75. The molecule has 96 valence electrons. The number of benzene rings is 1. The van der Waals surface area contributed by atoms with Gasteiger partial charge in [-0.05, 0) is 33.9 Å². The Morgan fingerprint density at radius 1 is 1.39 bits per heavy atom. The molecule has 2 rings (SSSR count). The molecule has 18 heavy (non-hydrogen) atoms. The van der Waals surface area contributed by atoms with E-state index in [0.29, 0.717) is 11.4 Å². The largest absolute Gasteiger partial charge is 0.397 e. The van der Waals surface area contributed by atoms with Crippen molar-refractivity contribution in [1.82, 2.24) is 0 Å². The Labute approximate surface area is 109 Å². The van der Waals surface area contributed by atoms with Crippen molar-refractivity contribution in [3.63, 3.8) is 0 Å². The number of carbonyl (C=O) groups excluding carboxylic acids is 1. The van der Waals surface area contributed by atoms with Crippen LogP contribution in [0, 0.1) is 0 Å². The second-order valence-corrected chi connectivity index (χ2v) is 5.77. The number of ether oxygens (including phenoxy) is 1. The molecule has 1 aliphatic heterocycles. The fourth-order valence-corrected chi connectivity index (χ4v) is 3.18. The highest BCUT2D eigenvalue weighted by atomic mass is 32.2. The number of allylic oxidation sites excluding steroid dienone is 2. The van der Waals surface area contributed by atoms with E-state index in [9.17, 15) is 4.79 Å². The minimum absolute atomic E-state index is 0.0260. The Kier molecular flexibility index (Phi) is 4.07. The van der Waals surface area contributed by atoms with Crippen LogP contribution in [0.1, 0.15) is 0 Å². The second-order valence-electron chi connectivity index (χ2n) is 3.84. The molecule has 3 N–H and O–H groups in total. The molecule has 0 unspecified atom stereocenters. The predicted octanol–water partition coefficient (Wildman–Crippen LogP) is 2.25. The molecule has 5 heteroatoms. The molecular weight excluding hydrogens is 248 g/mol. The van der Waals surface area contributed by atoms with Crippen molar-refractivity contribution in [3.8, 4) is 0 Å². The van der Waals surface area contributed by atoms with Crippen molar-refractivity contribution >= 4 is 28.2 Å². The lowest BCUT2D eigenvalue weighted by Crippen LogP contribution is -2.18. The highest BCUT2D eigenvalue weighted by Crippen LogP contribution is 2.43. The van der Waals surface area contributed by atoms with Gasteiger partial charge in [0.05, 0.1) is 11.4 Å². The normalized spacial score (nSPS) is 15.1. The van der Waals surface area contributed by atoms with E-state index in [4.69, 9.17) is 10.5 Å². The summed E-state index contributed by atoms with van der Waals surface area (Å²) in [5.74, 6) is -0.202. The summed E-state index contributed by atoms with van der Waals surface area (Å²) in [6.07, 6.45) is 4.07. The van der Waals surface area contributed by atoms with E-state index in [1.165, 1.54) is 7.11 Å². The van der Waals surface area contributed by atoms with E-state index >= 15 is 0 Å². The van der Waals surface area contributed by atoms with Gasteiger partial charge in [0.2, 0.25) is 5.91 Å². The number of thiol groups is 1. The molecule has 0 spiro atoms. The van der Waals surface area contributed by atoms with Gasteiger partial charge in [-0.15, -0.1) is 0 Å². The maximum Gasteiger partial charge on any atom is 0.250 e. The third-order valence-corrected chi connectivity index (χ3v) is 4.35. The minimum Gasteiger partial charge on any atom is -0.397 e. The summed E-state index contributed by atoms with van der Waals surface area (Å²) >= 11 is 0. The quantitative estimate of drug-likeness (QED) is 0.577. The van der Waals surface area contributed by atoms with Gasteiger partial charge in [0, 0.05) is 7.11 Å². The number of anilines is 2. The summed E-state index contributed by atoms with van der Waals surface area (Å²) in [6, 6.07) is 5.74. The third-order valence-electron chi connectivity index (χ3n) is 2.49. The number of nitrogen functional groups attached to an aromatic ring is 1. The molecule has 4 nitrogen and oxygen atoms in total. The highest BCUT2D eigenvalue weighted by Gasteiger charge is 2.09. The molecule has 0 atom stereocenters. The summed E-state index contributed by atoms with van der Waals surface area (Å²) in [5.41, 5.74) is 7.05. The van der Waals surface area contributed by atoms with Crippen LogP contribution < -0.4 is 11.1 Å². The van der Waals surface area contributed by atoms with Crippen LogP contribution in [0.2, 0.25) is 0 Å². The fourth-order valence-electron chi connectivity index (χ4n) is 1.64. The first kappa shape index (κ1) is 12.7. The topological polar surface area (TPSA) is 64.3 Å². The number of hydrogen-bond donors (Lipinski definition) is 3. The molecule has 0 saturated heterocycles. The van der Waals surface area contributed by atoms with Gasteiger partial charge in [-0.3, -0.25) is 4.79 Å². The van der Waals surface area contributed by atoms with E-state index in [2.05, 4.69) is 16.1 Å². The number of methoxy groups -OCH3 is 1. The summed E-state index contributed by atoms with van der Waals surface area (Å²) < 4.78 is 4.77. The van der Waals surface area contributed by atoms with Crippen LogP contribution in [0.5, 0.6) is 0 Å². The zero-order chi connectivity index (χ0) is 13.0. The van der Waals surface area contributed by atoms with Crippen molar-refractivity contribution < 1.29 is 9.53 Å². The maximum atomic E-state index is 11.5. The smallest absolute Gasteiger partial charge is 0.250 e. The summed E-state index contributed by atoms with van der Waals surface area (Å²) in [7, 11) is 1.08. The van der Waals surface area contributed by atoms with Gasteiger partial charge in [0.25, 0.3) is 0 Å². The van der Waals surface area contributed by atoms with Crippen LogP contribution in [0.15, 0.2) is 46.1 Å². The Morgan fingerprint density at radius 2 is 2.11 bits per heavy atom. The maximum absolute atomic E-state index is 11.5. The molecule has 0 aromatic heterocycles. The molecular formula is C13H16N2O2S. The lowest BCUT2D eigenvalue weighted by Gasteiger charge is -2.14. The molecule has 0 saturated carbocycles. The molecule has 0 radical (unpaired) electrons. The van der Waals surface area contributed by atoms with Gasteiger partial charge < -0.3 is 15.8 Å². The molecule has 1 amide bonds. The fraction of sp³-hybridized carbons (Fsp3) is 0.154. The molecule has 1 aliphatic rings. The molecule has 0 fully saturated rings. The number of nitrogens with one attached hydrogen (secondary N) is 1. The van der Waals surface area contributed by atoms with Crippen LogP contribution in [-0.2, 0) is 9.53 Å². The van der Waals surface area contributed by atoms with Crippen LogP contribution in [-0.4, -0.2) is 19.6 Å². The zero-order valence-electron chi connectivity index (χ0n) is 10.1. The number of carbonyl (C=O) groups is 1. The molecule has 1 aromatic carbocycles. The summed E-state index contributed by atoms with van der Waals surface area (Å²) in [6.45, 7) is 0.0260. The van der Waals surface area contributed by atoms with E-state index < -0.39 is 10.9 Å². The summed E-state index contributed by atoms with van der Waals surface area (Å²) in [5, 5.41) is 7.06. The van der Waals surface area contributed by atoms with Crippen molar-refractivity contribution in [1.29, 1.82) is 0 Å². The van der Waals surface area contributed by atoms with Gasteiger partial charge in [0.15, 0.2) is 0 Å². The van der Waals surface area contributed by atoms with Crippen molar-refractivity contribution in [2.75, 3.05) is 24.8 Å². The van der Waals surface area contributed by atoms with Crippen molar-refractivity contribution in [2.45, 2.75) is 4.90 Å². The Bertz CT molecular complexity index is 500. The number of amides is 1. The van der Waals surface area contributed by atoms with Crippen molar-refractivity contribution in [2.24, 2.45) is 0 Å². The van der Waals surface area contributed by atoms with E-state index in [1.807, 2.05) is 30.4 Å². The SMILES string of the molecule is COCC(=O)Nc1cc([SH]2C=CC=C2)ccc1N. The number of hydrogen-bond acceptors (Lipinski definition) is 3. The van der Waals surface area contributed by atoms with Gasteiger partial charge >= 0.3 is 0 Å². The molecule has 0 aliphatic carbocycles. The van der Waals surface area contributed by atoms with E-state index in [0.717, 1.165) is 4.90 Å². The molecule has 1 aromatic rings. The Balaban J connectivity index is 2.18. The zero-order valence-corrected chi connectivity index (χ0v) is 11.0. The first-order valence-corrected chi connectivity index (χ1v) is 7.00. The first-order valence-electron chi connectivity index (χ1n) is 5.52. The lowest BCUT2D eigenvalue weighted by atomic mass is 10.2. The van der Waals surface area contributed by atoms with Gasteiger partial charge in [-0.1, -0.05) is 12.2 Å². The Hall–Kier alpha value is -1.72. The average molecular weight is 264 g/mol. The number of rotatable bonds is 4. The summed E-state index contributed by atoms with van der Waals surface area (Å²) in [4.78, 5) is 12.6.